The van der Waals surface area contributed by atoms with Crippen molar-refractivity contribution in [3.05, 3.63) is 0 Å². The summed E-state index contributed by atoms with van der Waals surface area (Å²) in [5.41, 5.74) is 0. The van der Waals surface area contributed by atoms with Crippen LogP contribution in [0.4, 0.5) is 0 Å². The summed E-state index contributed by atoms with van der Waals surface area (Å²) in [5.74, 6) is 5.40. The van der Waals surface area contributed by atoms with Crippen molar-refractivity contribution in [1.29, 1.82) is 0 Å². The van der Waals surface area contributed by atoms with Gasteiger partial charge in [0.15, 0.2) is 0 Å². The van der Waals surface area contributed by atoms with E-state index < -0.39 is 0 Å². The van der Waals surface area contributed by atoms with Gasteiger partial charge in [0, 0.05) is 0 Å². The van der Waals surface area contributed by atoms with Gasteiger partial charge in [0.2, 0.25) is 0 Å². The maximum Gasteiger partial charge on any atom is -0.0412 e. The Labute approximate surface area is 142 Å². The number of rotatable bonds is 13. The summed E-state index contributed by atoms with van der Waals surface area (Å²) in [5, 5.41) is 0. The number of hydrogen-bond acceptors (Lipinski definition) is 0. The second-order valence-electron chi connectivity index (χ2n) is 8.75. The first-order valence-electron chi connectivity index (χ1n) is 10.3. The molecule has 0 aromatic heterocycles. The molecule has 0 nitrogen and oxygen atoms in total. The highest BCUT2D eigenvalue weighted by molar-refractivity contribution is 4.69. The number of hydrogen-bond donors (Lipinski definition) is 0. The minimum Gasteiger partial charge on any atom is -0.0654 e. The Hall–Kier alpha value is 0. The van der Waals surface area contributed by atoms with E-state index in [9.17, 15) is 0 Å². The Morgan fingerprint density at radius 3 is 1.77 bits per heavy atom. The molecule has 0 heterocycles. The minimum absolute atomic E-state index is 0.842. The van der Waals surface area contributed by atoms with Gasteiger partial charge in [-0.05, 0) is 48.3 Å². The largest absolute Gasteiger partial charge is 0.0654 e. The SMILES string of the molecule is CCCC(CCCC(C)C(C)CC(C)CC)CC(C)C(C)C. The lowest BCUT2D eigenvalue weighted by molar-refractivity contribution is 0.260. The highest BCUT2D eigenvalue weighted by Crippen LogP contribution is 2.30. The molecule has 5 unspecified atom stereocenters. The van der Waals surface area contributed by atoms with Gasteiger partial charge in [0.1, 0.15) is 0 Å². The van der Waals surface area contributed by atoms with Crippen LogP contribution in [-0.2, 0) is 0 Å². The first-order valence-corrected chi connectivity index (χ1v) is 10.3. The molecule has 0 fully saturated rings. The van der Waals surface area contributed by atoms with Gasteiger partial charge in [-0.25, -0.2) is 0 Å². The van der Waals surface area contributed by atoms with Crippen molar-refractivity contribution >= 4 is 0 Å². The van der Waals surface area contributed by atoms with Crippen LogP contribution in [0.25, 0.3) is 0 Å². The van der Waals surface area contributed by atoms with Crippen molar-refractivity contribution in [2.45, 2.75) is 107 Å². The van der Waals surface area contributed by atoms with Crippen LogP contribution in [0.5, 0.6) is 0 Å². The van der Waals surface area contributed by atoms with E-state index in [1.54, 1.807) is 0 Å². The zero-order valence-corrected chi connectivity index (χ0v) is 17.1. The highest BCUT2D eigenvalue weighted by atomic mass is 14.2. The molecular formula is C22H46. The average molecular weight is 311 g/mol. The molecular weight excluding hydrogens is 264 g/mol. The molecule has 134 valence electrons. The van der Waals surface area contributed by atoms with Crippen LogP contribution in [0.2, 0.25) is 0 Å². The van der Waals surface area contributed by atoms with E-state index in [-0.39, 0.29) is 0 Å². The lowest BCUT2D eigenvalue weighted by Crippen LogP contribution is -2.14. The van der Waals surface area contributed by atoms with Crippen LogP contribution >= 0.6 is 0 Å². The molecule has 0 radical (unpaired) electrons. The summed E-state index contributed by atoms with van der Waals surface area (Å²) in [7, 11) is 0. The Balaban J connectivity index is 4.10. The van der Waals surface area contributed by atoms with Gasteiger partial charge in [0.25, 0.3) is 0 Å². The van der Waals surface area contributed by atoms with E-state index in [0.717, 1.165) is 35.5 Å². The summed E-state index contributed by atoms with van der Waals surface area (Å²) >= 11 is 0. The normalized spacial score (nSPS) is 19.0. The third kappa shape index (κ3) is 9.90. The second kappa shape index (κ2) is 12.4. The molecule has 0 aliphatic carbocycles. The molecule has 0 N–H and O–H groups in total. The maximum absolute atomic E-state index is 2.48. The molecule has 0 aromatic rings. The van der Waals surface area contributed by atoms with Crippen molar-refractivity contribution in [2.75, 3.05) is 0 Å². The fraction of sp³-hybridized carbons (Fsp3) is 1.00. The fourth-order valence-electron chi connectivity index (χ4n) is 3.63. The first kappa shape index (κ1) is 22.0. The van der Waals surface area contributed by atoms with E-state index in [1.807, 2.05) is 0 Å². The smallest absolute Gasteiger partial charge is 0.0412 e. The molecule has 5 atom stereocenters. The summed E-state index contributed by atoms with van der Waals surface area (Å²) in [6, 6.07) is 0. The molecule has 0 amide bonds. The van der Waals surface area contributed by atoms with Crippen molar-refractivity contribution in [3.8, 4) is 0 Å². The quantitative estimate of drug-likeness (QED) is 0.323. The second-order valence-corrected chi connectivity index (χ2v) is 8.75. The van der Waals surface area contributed by atoms with Crippen molar-refractivity contribution < 1.29 is 0 Å². The molecule has 0 aliphatic rings. The minimum atomic E-state index is 0.842. The van der Waals surface area contributed by atoms with Gasteiger partial charge in [-0.15, -0.1) is 0 Å². The van der Waals surface area contributed by atoms with E-state index in [1.165, 1.54) is 51.4 Å². The molecule has 0 saturated carbocycles. The Morgan fingerprint density at radius 2 is 1.27 bits per heavy atom. The molecule has 0 bridgehead atoms. The van der Waals surface area contributed by atoms with Crippen LogP contribution in [-0.4, -0.2) is 0 Å². The third-order valence-corrected chi connectivity index (χ3v) is 6.25. The monoisotopic (exact) mass is 310 g/mol. The topological polar surface area (TPSA) is 0 Å². The Morgan fingerprint density at radius 1 is 0.636 bits per heavy atom. The van der Waals surface area contributed by atoms with Gasteiger partial charge in [0.05, 0.1) is 0 Å². The average Bonchev–Trinajstić information content (AvgIpc) is 2.46. The zero-order chi connectivity index (χ0) is 17.1. The van der Waals surface area contributed by atoms with Gasteiger partial charge < -0.3 is 0 Å². The van der Waals surface area contributed by atoms with Crippen molar-refractivity contribution in [1.82, 2.24) is 0 Å². The predicted octanol–water partition coefficient (Wildman–Crippen LogP) is 7.96. The van der Waals surface area contributed by atoms with E-state index in [0.29, 0.717) is 0 Å². The Kier molecular flexibility index (Phi) is 12.4. The molecule has 0 rings (SSSR count). The highest BCUT2D eigenvalue weighted by Gasteiger charge is 2.18. The Bertz CT molecular complexity index is 242. The van der Waals surface area contributed by atoms with Crippen LogP contribution in [0.15, 0.2) is 0 Å². The zero-order valence-electron chi connectivity index (χ0n) is 17.1. The lowest BCUT2D eigenvalue weighted by Gasteiger charge is -2.25. The molecule has 0 heteroatoms. The summed E-state index contributed by atoms with van der Waals surface area (Å²) in [4.78, 5) is 0. The van der Waals surface area contributed by atoms with Crippen molar-refractivity contribution in [2.24, 2.45) is 35.5 Å². The summed E-state index contributed by atoms with van der Waals surface area (Å²) in [6.07, 6.45) is 11.3. The molecule has 0 aliphatic heterocycles. The van der Waals surface area contributed by atoms with Crippen LogP contribution in [0.3, 0.4) is 0 Å². The van der Waals surface area contributed by atoms with E-state index in [2.05, 4.69) is 55.4 Å². The van der Waals surface area contributed by atoms with E-state index in [4.69, 9.17) is 0 Å². The van der Waals surface area contributed by atoms with Gasteiger partial charge in [-0.1, -0.05) is 93.9 Å². The van der Waals surface area contributed by atoms with Gasteiger partial charge >= 0.3 is 0 Å². The van der Waals surface area contributed by atoms with Crippen molar-refractivity contribution in [3.63, 3.8) is 0 Å². The fourth-order valence-corrected chi connectivity index (χ4v) is 3.63. The molecule has 0 spiro atoms. The molecule has 0 saturated heterocycles. The summed E-state index contributed by atoms with van der Waals surface area (Å²) < 4.78 is 0. The first-order chi connectivity index (χ1) is 10.3. The summed E-state index contributed by atoms with van der Waals surface area (Å²) in [6.45, 7) is 19.3. The molecule has 0 aromatic carbocycles. The predicted molar refractivity (Wildman–Crippen MR) is 103 cm³/mol. The van der Waals surface area contributed by atoms with Crippen LogP contribution < -0.4 is 0 Å². The van der Waals surface area contributed by atoms with Crippen LogP contribution in [0, 0.1) is 35.5 Å². The molecule has 22 heavy (non-hydrogen) atoms. The third-order valence-electron chi connectivity index (χ3n) is 6.25. The van der Waals surface area contributed by atoms with Crippen LogP contribution in [0.1, 0.15) is 107 Å². The lowest BCUT2D eigenvalue weighted by atomic mass is 9.80. The van der Waals surface area contributed by atoms with E-state index >= 15 is 0 Å². The van der Waals surface area contributed by atoms with Gasteiger partial charge in [-0.3, -0.25) is 0 Å². The maximum atomic E-state index is 2.48. The standard InChI is InChI=1S/C22H46/c1-9-12-22(16-20(7)17(3)4)14-11-13-19(6)21(8)15-18(5)10-2/h17-22H,9-16H2,1-8H3. The van der Waals surface area contributed by atoms with Gasteiger partial charge in [-0.2, -0.15) is 0 Å².